The monoisotopic (exact) mass is 234 g/mol. The van der Waals surface area contributed by atoms with E-state index in [9.17, 15) is 13.0 Å². The van der Waals surface area contributed by atoms with Gasteiger partial charge in [-0.3, -0.25) is 0 Å². The third kappa shape index (κ3) is 13.2. The van der Waals surface area contributed by atoms with Crippen molar-refractivity contribution < 1.29 is 74.2 Å². The van der Waals surface area contributed by atoms with E-state index in [-0.39, 0.29) is 64.4 Å². The summed E-state index contributed by atoms with van der Waals surface area (Å²) in [6.45, 7) is 3.45. The summed E-state index contributed by atoms with van der Waals surface area (Å²) in [5, 5.41) is 8.87. The summed E-state index contributed by atoms with van der Waals surface area (Å²) in [4.78, 5) is 0. The zero-order valence-electron chi connectivity index (χ0n) is 7.47. The summed E-state index contributed by atoms with van der Waals surface area (Å²) in [7, 11) is -4.26. The predicted molar refractivity (Wildman–Crippen MR) is 41.3 cm³/mol. The SMILES string of the molecule is C=CCOC(O)CCS(=O)(=O)[O-].[K+]. The molecule has 0 heterocycles. The molecule has 1 unspecified atom stereocenters. The van der Waals surface area contributed by atoms with Crippen molar-refractivity contribution in [2.75, 3.05) is 12.4 Å². The molecule has 0 fully saturated rings. The maximum atomic E-state index is 10.1. The molecule has 72 valence electrons. The fourth-order valence-electron chi connectivity index (χ4n) is 0.508. The van der Waals surface area contributed by atoms with E-state index in [0.717, 1.165) is 0 Å². The van der Waals surface area contributed by atoms with E-state index in [0.29, 0.717) is 0 Å². The van der Waals surface area contributed by atoms with Gasteiger partial charge in [0.1, 0.15) is 0 Å². The molecule has 0 aliphatic carbocycles. The molecule has 1 N–H and O–H groups in total. The molecule has 7 heteroatoms. The molecule has 0 bridgehead atoms. The van der Waals surface area contributed by atoms with Gasteiger partial charge in [-0.25, -0.2) is 8.42 Å². The van der Waals surface area contributed by atoms with E-state index in [1.54, 1.807) is 0 Å². The molecule has 0 aliphatic rings. The molecule has 0 rings (SSSR count). The Morgan fingerprint density at radius 1 is 1.62 bits per heavy atom. The van der Waals surface area contributed by atoms with Gasteiger partial charge in [-0.1, -0.05) is 6.08 Å². The van der Waals surface area contributed by atoms with Crippen molar-refractivity contribution in [3.8, 4) is 0 Å². The Labute approximate surface area is 120 Å². The molecule has 0 saturated heterocycles. The third-order valence-corrected chi connectivity index (χ3v) is 1.76. The van der Waals surface area contributed by atoms with Gasteiger partial charge in [0.15, 0.2) is 6.29 Å². The molecular weight excluding hydrogens is 223 g/mol. The summed E-state index contributed by atoms with van der Waals surface area (Å²) in [5.41, 5.74) is 0. The first-order valence-corrected chi connectivity index (χ1v) is 4.87. The van der Waals surface area contributed by atoms with Gasteiger partial charge in [0.05, 0.1) is 16.7 Å². The predicted octanol–water partition coefficient (Wildman–Crippen LogP) is -3.55. The molecule has 13 heavy (non-hydrogen) atoms. The normalized spacial score (nSPS) is 13.1. The van der Waals surface area contributed by atoms with Gasteiger partial charge in [-0.15, -0.1) is 6.58 Å². The Bertz CT molecular complexity index is 225. The molecule has 0 radical (unpaired) electrons. The number of aliphatic hydroxyl groups excluding tert-OH is 1. The van der Waals surface area contributed by atoms with Crippen LogP contribution in [0.25, 0.3) is 0 Å². The smallest absolute Gasteiger partial charge is 0.748 e. The summed E-state index contributed by atoms with van der Waals surface area (Å²) in [6.07, 6.45) is -0.0130. The molecule has 0 aromatic carbocycles. The van der Waals surface area contributed by atoms with Gasteiger partial charge in [0, 0.05) is 12.2 Å². The van der Waals surface area contributed by atoms with E-state index in [2.05, 4.69) is 11.3 Å². The number of aliphatic hydroxyl groups is 1. The van der Waals surface area contributed by atoms with Crippen LogP contribution in [-0.2, 0) is 14.9 Å². The molecule has 0 spiro atoms. The van der Waals surface area contributed by atoms with E-state index in [4.69, 9.17) is 5.11 Å². The van der Waals surface area contributed by atoms with Gasteiger partial charge >= 0.3 is 51.4 Å². The van der Waals surface area contributed by atoms with Gasteiger partial charge in [0.25, 0.3) is 0 Å². The largest absolute Gasteiger partial charge is 1.00 e. The van der Waals surface area contributed by atoms with Crippen LogP contribution in [0.4, 0.5) is 0 Å². The molecular formula is C6H11KO5S. The van der Waals surface area contributed by atoms with Crippen LogP contribution >= 0.6 is 0 Å². The molecule has 0 aromatic heterocycles. The first-order valence-electron chi connectivity index (χ1n) is 3.30. The summed E-state index contributed by atoms with van der Waals surface area (Å²) in [5.74, 6) is -0.620. The topological polar surface area (TPSA) is 86.7 Å². The maximum absolute atomic E-state index is 10.1. The molecule has 5 nitrogen and oxygen atoms in total. The average Bonchev–Trinajstić information content (AvgIpc) is 1.95. The third-order valence-electron chi connectivity index (χ3n) is 1.02. The van der Waals surface area contributed by atoms with Gasteiger partial charge in [-0.2, -0.15) is 0 Å². The molecule has 1 atom stereocenters. The molecule has 0 aliphatic heterocycles. The average molecular weight is 234 g/mol. The number of rotatable bonds is 6. The second-order valence-electron chi connectivity index (χ2n) is 2.13. The van der Waals surface area contributed by atoms with Crippen LogP contribution in [0.15, 0.2) is 12.7 Å². The Balaban J connectivity index is 0. The fourth-order valence-corrected chi connectivity index (χ4v) is 0.998. The van der Waals surface area contributed by atoms with E-state index >= 15 is 0 Å². The first-order chi connectivity index (χ1) is 5.45. The van der Waals surface area contributed by atoms with Crippen molar-refractivity contribution in [2.24, 2.45) is 0 Å². The van der Waals surface area contributed by atoms with Crippen LogP contribution in [0.1, 0.15) is 6.42 Å². The fraction of sp³-hybridized carbons (Fsp3) is 0.667. The number of hydrogen-bond donors (Lipinski definition) is 1. The Morgan fingerprint density at radius 3 is 2.54 bits per heavy atom. The summed E-state index contributed by atoms with van der Waals surface area (Å²) >= 11 is 0. The minimum absolute atomic E-state index is 0. The van der Waals surface area contributed by atoms with Crippen molar-refractivity contribution in [1.29, 1.82) is 0 Å². The number of ether oxygens (including phenoxy) is 1. The van der Waals surface area contributed by atoms with Crippen LogP contribution < -0.4 is 51.4 Å². The van der Waals surface area contributed by atoms with Gasteiger partial charge < -0.3 is 14.4 Å². The first kappa shape index (κ1) is 16.6. The van der Waals surface area contributed by atoms with Crippen LogP contribution in [0, 0.1) is 0 Å². The van der Waals surface area contributed by atoms with Crippen molar-refractivity contribution >= 4 is 10.1 Å². The molecule has 0 saturated carbocycles. The zero-order valence-corrected chi connectivity index (χ0v) is 11.4. The van der Waals surface area contributed by atoms with Crippen molar-refractivity contribution in [2.45, 2.75) is 12.7 Å². The van der Waals surface area contributed by atoms with Crippen molar-refractivity contribution in [1.82, 2.24) is 0 Å². The maximum Gasteiger partial charge on any atom is 1.00 e. The van der Waals surface area contributed by atoms with E-state index in [1.165, 1.54) is 6.08 Å². The minimum Gasteiger partial charge on any atom is -0.748 e. The van der Waals surface area contributed by atoms with Gasteiger partial charge in [-0.05, 0) is 0 Å². The molecule has 0 aromatic rings. The Kier molecular flexibility index (Phi) is 10.9. The van der Waals surface area contributed by atoms with Crippen LogP contribution in [0.3, 0.4) is 0 Å². The van der Waals surface area contributed by atoms with Crippen LogP contribution in [0.2, 0.25) is 0 Å². The van der Waals surface area contributed by atoms with Crippen molar-refractivity contribution in [3.05, 3.63) is 12.7 Å². The standard InChI is InChI=1S/C6H12O5S.K/c1-2-4-11-6(7)3-5-12(8,9)10;/h2,6-7H,1,3-5H2,(H,8,9,10);/q;+1/p-1. The summed E-state index contributed by atoms with van der Waals surface area (Å²) in [6, 6.07) is 0. The van der Waals surface area contributed by atoms with Crippen molar-refractivity contribution in [3.63, 3.8) is 0 Å². The molecule has 0 amide bonds. The summed E-state index contributed by atoms with van der Waals surface area (Å²) < 4.78 is 34.8. The number of hydrogen-bond acceptors (Lipinski definition) is 5. The Hall–Kier alpha value is 1.21. The zero-order chi connectivity index (χ0) is 9.61. The second-order valence-corrected chi connectivity index (χ2v) is 3.65. The quantitative estimate of drug-likeness (QED) is 0.222. The van der Waals surface area contributed by atoms with E-state index in [1.807, 2.05) is 0 Å². The second kappa shape index (κ2) is 8.51. The van der Waals surface area contributed by atoms with Crippen LogP contribution in [0.5, 0.6) is 0 Å². The Morgan fingerprint density at radius 2 is 2.15 bits per heavy atom. The minimum atomic E-state index is -4.26. The van der Waals surface area contributed by atoms with Gasteiger partial charge in [0.2, 0.25) is 0 Å². The van der Waals surface area contributed by atoms with Crippen LogP contribution in [-0.4, -0.2) is 36.7 Å². The van der Waals surface area contributed by atoms with E-state index < -0.39 is 22.2 Å².